The highest BCUT2D eigenvalue weighted by Crippen LogP contribution is 2.27. The molecule has 1 aromatic rings. The number of hydrogen-bond acceptors (Lipinski definition) is 3. The number of benzene rings is 1. The Labute approximate surface area is 131 Å². The molecule has 0 saturated carbocycles. The van der Waals surface area contributed by atoms with Gasteiger partial charge >= 0.3 is 5.97 Å². The summed E-state index contributed by atoms with van der Waals surface area (Å²) in [4.78, 5) is 11.4. The van der Waals surface area contributed by atoms with Gasteiger partial charge in [-0.05, 0) is 44.4 Å². The predicted octanol–water partition coefficient (Wildman–Crippen LogP) is 2.39. The van der Waals surface area contributed by atoms with E-state index in [0.717, 1.165) is 5.57 Å². The largest absolute Gasteiger partial charge is 0.481 e. The lowest BCUT2D eigenvalue weighted by Gasteiger charge is -2.27. The summed E-state index contributed by atoms with van der Waals surface area (Å²) < 4.78 is 26.6. The van der Waals surface area contributed by atoms with Crippen LogP contribution in [-0.4, -0.2) is 36.9 Å². The summed E-state index contributed by atoms with van der Waals surface area (Å²) in [7, 11) is -3.52. The third-order valence-corrected chi connectivity index (χ3v) is 6.09. The molecule has 0 spiro atoms. The van der Waals surface area contributed by atoms with Crippen LogP contribution in [-0.2, 0) is 20.2 Å². The van der Waals surface area contributed by atoms with Gasteiger partial charge in [0, 0.05) is 13.1 Å². The molecule has 1 aliphatic rings. The first kappa shape index (κ1) is 16.7. The number of rotatable bonds is 4. The van der Waals surface area contributed by atoms with Crippen molar-refractivity contribution in [2.24, 2.45) is 0 Å². The van der Waals surface area contributed by atoms with E-state index in [2.05, 4.69) is 6.58 Å². The van der Waals surface area contributed by atoms with Gasteiger partial charge in [-0.3, -0.25) is 4.79 Å². The maximum atomic E-state index is 12.6. The van der Waals surface area contributed by atoms with E-state index in [4.69, 9.17) is 0 Å². The maximum absolute atomic E-state index is 12.6. The van der Waals surface area contributed by atoms with Crippen LogP contribution >= 0.6 is 0 Å². The van der Waals surface area contributed by atoms with Gasteiger partial charge in [0.15, 0.2) is 0 Å². The lowest BCUT2D eigenvalue weighted by atomic mass is 9.85. The molecule has 1 saturated heterocycles. The van der Waals surface area contributed by atoms with Crippen molar-refractivity contribution in [3.05, 3.63) is 42.0 Å². The van der Waals surface area contributed by atoms with E-state index in [1.807, 2.05) is 0 Å². The Morgan fingerprint density at radius 3 is 2.14 bits per heavy atom. The van der Waals surface area contributed by atoms with Gasteiger partial charge in [-0.1, -0.05) is 24.3 Å². The highest BCUT2D eigenvalue weighted by molar-refractivity contribution is 7.89. The van der Waals surface area contributed by atoms with Gasteiger partial charge < -0.3 is 5.11 Å². The third-order valence-electron chi connectivity index (χ3n) is 4.18. The Morgan fingerprint density at radius 2 is 1.68 bits per heavy atom. The van der Waals surface area contributed by atoms with Gasteiger partial charge in [0.1, 0.15) is 0 Å². The maximum Gasteiger partial charge on any atom is 0.313 e. The molecule has 5 nitrogen and oxygen atoms in total. The lowest BCUT2D eigenvalue weighted by molar-refractivity contribution is -0.142. The zero-order valence-corrected chi connectivity index (χ0v) is 13.7. The molecule has 1 heterocycles. The molecule has 120 valence electrons. The Hall–Kier alpha value is -1.66. The van der Waals surface area contributed by atoms with E-state index < -0.39 is 21.4 Å². The standard InChI is InChI=1S/C16H21NO4S/c1-12-8-10-17(11-9-12)22(20,21)14-6-4-13(5-7-14)16(2,3)15(18)19/h4-7H,1,8-11H2,2-3H3,(H,18,19). The summed E-state index contributed by atoms with van der Waals surface area (Å²) in [6.07, 6.45) is 1.37. The number of carboxylic acid groups (broad SMARTS) is 1. The summed E-state index contributed by atoms with van der Waals surface area (Å²) in [5.41, 5.74) is 0.599. The summed E-state index contributed by atoms with van der Waals surface area (Å²) in [6.45, 7) is 7.96. The van der Waals surface area contributed by atoms with Crippen LogP contribution in [0.15, 0.2) is 41.3 Å². The second kappa shape index (κ2) is 5.85. The van der Waals surface area contributed by atoms with Crippen molar-refractivity contribution < 1.29 is 18.3 Å². The van der Waals surface area contributed by atoms with E-state index in [-0.39, 0.29) is 4.90 Å². The fourth-order valence-corrected chi connectivity index (χ4v) is 3.80. The first-order valence-corrected chi connectivity index (χ1v) is 8.60. The molecule has 2 rings (SSSR count). The van der Waals surface area contributed by atoms with Crippen LogP contribution in [0.5, 0.6) is 0 Å². The topological polar surface area (TPSA) is 74.7 Å². The molecule has 0 radical (unpaired) electrons. The molecule has 1 aromatic carbocycles. The number of carbonyl (C=O) groups is 1. The number of nitrogens with zero attached hydrogens (tertiary/aromatic N) is 1. The first-order chi connectivity index (χ1) is 10.2. The minimum absolute atomic E-state index is 0.199. The van der Waals surface area contributed by atoms with Gasteiger partial charge in [0.05, 0.1) is 10.3 Å². The van der Waals surface area contributed by atoms with Crippen LogP contribution in [0.4, 0.5) is 0 Å². The smallest absolute Gasteiger partial charge is 0.313 e. The summed E-state index contributed by atoms with van der Waals surface area (Å²) in [5.74, 6) is -0.947. The molecule has 0 aromatic heterocycles. The number of sulfonamides is 1. The molecule has 0 bridgehead atoms. The van der Waals surface area contributed by atoms with Crippen molar-refractivity contribution in [3.63, 3.8) is 0 Å². The molecular weight excluding hydrogens is 302 g/mol. The van der Waals surface area contributed by atoms with E-state index >= 15 is 0 Å². The average molecular weight is 323 g/mol. The number of carboxylic acids is 1. The van der Waals surface area contributed by atoms with Crippen LogP contribution in [0.25, 0.3) is 0 Å². The van der Waals surface area contributed by atoms with Crippen LogP contribution in [0.1, 0.15) is 32.3 Å². The minimum Gasteiger partial charge on any atom is -0.481 e. The second-order valence-corrected chi connectivity index (χ2v) is 8.05. The van der Waals surface area contributed by atoms with E-state index in [9.17, 15) is 18.3 Å². The number of piperidine rings is 1. The van der Waals surface area contributed by atoms with Crippen molar-refractivity contribution in [2.75, 3.05) is 13.1 Å². The van der Waals surface area contributed by atoms with Crippen molar-refractivity contribution in [1.82, 2.24) is 4.31 Å². The molecule has 1 aliphatic heterocycles. The van der Waals surface area contributed by atoms with Crippen molar-refractivity contribution in [2.45, 2.75) is 37.0 Å². The Kier molecular flexibility index (Phi) is 4.44. The van der Waals surface area contributed by atoms with Crippen LogP contribution < -0.4 is 0 Å². The molecular formula is C16H21NO4S. The minimum atomic E-state index is -3.52. The van der Waals surface area contributed by atoms with Crippen LogP contribution in [0, 0.1) is 0 Å². The normalized spacial score (nSPS) is 17.5. The molecule has 6 heteroatoms. The Morgan fingerprint density at radius 1 is 1.18 bits per heavy atom. The summed E-state index contributed by atoms with van der Waals surface area (Å²) >= 11 is 0. The van der Waals surface area contributed by atoms with E-state index in [0.29, 0.717) is 31.5 Å². The van der Waals surface area contributed by atoms with Crippen molar-refractivity contribution >= 4 is 16.0 Å². The lowest BCUT2D eigenvalue weighted by Crippen LogP contribution is -2.36. The first-order valence-electron chi connectivity index (χ1n) is 7.16. The Balaban J connectivity index is 2.26. The van der Waals surface area contributed by atoms with Gasteiger partial charge in [-0.25, -0.2) is 8.42 Å². The van der Waals surface area contributed by atoms with Crippen molar-refractivity contribution in [3.8, 4) is 0 Å². The van der Waals surface area contributed by atoms with Gasteiger partial charge in [-0.2, -0.15) is 4.31 Å². The molecule has 22 heavy (non-hydrogen) atoms. The van der Waals surface area contributed by atoms with E-state index in [1.54, 1.807) is 26.0 Å². The van der Waals surface area contributed by atoms with Gasteiger partial charge in [-0.15, -0.1) is 0 Å². The zero-order valence-electron chi connectivity index (χ0n) is 12.9. The molecule has 1 fully saturated rings. The summed E-state index contributed by atoms with van der Waals surface area (Å²) in [6, 6.07) is 6.12. The fourth-order valence-electron chi connectivity index (χ4n) is 2.36. The quantitative estimate of drug-likeness (QED) is 0.863. The predicted molar refractivity (Wildman–Crippen MR) is 84.2 cm³/mol. The zero-order chi connectivity index (χ0) is 16.5. The number of aliphatic carboxylic acids is 1. The highest BCUT2D eigenvalue weighted by atomic mass is 32.2. The molecule has 0 aliphatic carbocycles. The van der Waals surface area contributed by atoms with Crippen molar-refractivity contribution in [1.29, 1.82) is 0 Å². The van der Waals surface area contributed by atoms with Crippen LogP contribution in [0.3, 0.4) is 0 Å². The molecule has 0 unspecified atom stereocenters. The Bertz CT molecular complexity index is 679. The van der Waals surface area contributed by atoms with Crippen LogP contribution in [0.2, 0.25) is 0 Å². The summed E-state index contributed by atoms with van der Waals surface area (Å²) in [5, 5.41) is 9.22. The molecule has 0 amide bonds. The second-order valence-electron chi connectivity index (χ2n) is 6.11. The van der Waals surface area contributed by atoms with Gasteiger partial charge in [0.2, 0.25) is 10.0 Å². The third kappa shape index (κ3) is 3.08. The molecule has 1 N–H and O–H groups in total. The SMILES string of the molecule is C=C1CCN(S(=O)(=O)c2ccc(C(C)(C)C(=O)O)cc2)CC1. The number of hydrogen-bond donors (Lipinski definition) is 1. The molecule has 0 atom stereocenters. The average Bonchev–Trinajstić information content (AvgIpc) is 2.47. The highest BCUT2D eigenvalue weighted by Gasteiger charge is 2.31. The van der Waals surface area contributed by atoms with Gasteiger partial charge in [0.25, 0.3) is 0 Å². The fraction of sp³-hybridized carbons (Fsp3) is 0.438. The van der Waals surface area contributed by atoms with E-state index in [1.165, 1.54) is 16.4 Å². The monoisotopic (exact) mass is 323 g/mol.